The first-order valence-corrected chi connectivity index (χ1v) is 23.4. The Morgan fingerprint density at radius 3 is 2.46 bits per heavy atom. The number of nitrogens with one attached hydrogen (secondary N) is 3. The van der Waals surface area contributed by atoms with E-state index in [9.17, 15) is 32.0 Å². The summed E-state index contributed by atoms with van der Waals surface area (Å²) in [5.41, 5.74) is 4.51. The quantitative estimate of drug-likeness (QED) is 0.114. The van der Waals surface area contributed by atoms with Crippen molar-refractivity contribution in [3.8, 4) is 11.1 Å². The van der Waals surface area contributed by atoms with Gasteiger partial charge in [-0.25, -0.2) is 18.2 Å². The second kappa shape index (κ2) is 15.5. The fraction of sp³-hybridized carbons (Fsp3) is 0.383. The van der Waals surface area contributed by atoms with E-state index in [1.54, 1.807) is 17.2 Å². The van der Waals surface area contributed by atoms with Gasteiger partial charge in [-0.1, -0.05) is 24.3 Å². The Kier molecular flexibility index (Phi) is 9.93. The number of rotatable bonds is 11. The van der Waals surface area contributed by atoms with E-state index in [0.29, 0.717) is 52.4 Å². The number of hydrogen-bond donors (Lipinski definition) is 3. The van der Waals surface area contributed by atoms with Crippen molar-refractivity contribution < 1.29 is 40.8 Å². The Bertz CT molecular complexity index is 2930. The zero-order valence-electron chi connectivity index (χ0n) is 35.2. The number of aromatic nitrogens is 2. The Hall–Kier alpha value is -6.11. The number of alkyl halides is 1. The number of nitrogens with zero attached hydrogens (tertiary/aromatic N) is 5. The standard InChI is InChI=1S/C47H45F3N8O6S/c48-32-11-12-57(23-32)65(63,64)54-38-8-7-37(49)41(42(38)50)43(60)36-18-52-44-35(36)14-29(17-51-44)27-1-4-33(5-2-27)56-24-47(25-56)15-26(16-47)19-55-20-31(21-55)28-3-6-34-30(13-28)22-58(46(34)62)39-9-10-40(59)53-45(39)61/h1-8,13-14,17-18,26,31-32,39,54H,9-12,15-16,19-25H2,(H,51,52)(H,53,59,61)/t32-,39+/m1/s1. The number of carbonyl (C=O) groups excluding carboxylic acids is 4. The minimum absolute atomic E-state index is 0.00534. The van der Waals surface area contributed by atoms with Gasteiger partial charge in [0.2, 0.25) is 17.6 Å². The molecular formula is C47H45F3N8O6S. The summed E-state index contributed by atoms with van der Waals surface area (Å²) in [5, 5.41) is 2.70. The smallest absolute Gasteiger partial charge is 0.301 e. The van der Waals surface area contributed by atoms with Crippen molar-refractivity contribution in [1.82, 2.24) is 29.4 Å². The van der Waals surface area contributed by atoms with Crippen molar-refractivity contribution in [3.63, 3.8) is 0 Å². The third-order valence-corrected chi connectivity index (χ3v) is 15.8. The summed E-state index contributed by atoms with van der Waals surface area (Å²) in [6.45, 7) is 4.93. The highest BCUT2D eigenvalue weighted by molar-refractivity contribution is 7.90. The fourth-order valence-corrected chi connectivity index (χ4v) is 12.2. The zero-order chi connectivity index (χ0) is 44.9. The fourth-order valence-electron chi connectivity index (χ4n) is 10.9. The molecule has 3 aromatic carbocycles. The highest BCUT2D eigenvalue weighted by Gasteiger charge is 2.53. The molecular weight excluding hydrogens is 862 g/mol. The molecule has 1 saturated carbocycles. The normalized spacial score (nSPS) is 22.5. The van der Waals surface area contributed by atoms with Gasteiger partial charge in [0.15, 0.2) is 5.82 Å². The summed E-state index contributed by atoms with van der Waals surface area (Å²) in [4.78, 5) is 64.8. The van der Waals surface area contributed by atoms with Gasteiger partial charge in [0.25, 0.3) is 5.91 Å². The van der Waals surface area contributed by atoms with Gasteiger partial charge in [0, 0.05) is 110 Å². The van der Waals surface area contributed by atoms with Crippen LogP contribution in [0, 0.1) is 23.0 Å². The molecule has 2 atom stereocenters. The molecule has 5 aromatic rings. The molecule has 7 heterocycles. The average molecular weight is 907 g/mol. The Balaban J connectivity index is 0.678. The molecule has 11 rings (SSSR count). The van der Waals surface area contributed by atoms with Crippen LogP contribution in [0.4, 0.5) is 24.5 Å². The van der Waals surface area contributed by atoms with E-state index >= 15 is 8.78 Å². The van der Waals surface area contributed by atoms with Crippen molar-refractivity contribution in [2.45, 2.75) is 56.8 Å². The van der Waals surface area contributed by atoms with Crippen molar-refractivity contribution in [1.29, 1.82) is 0 Å². The summed E-state index contributed by atoms with van der Waals surface area (Å²) in [7, 11) is -4.35. The molecule has 5 aliphatic heterocycles. The first-order valence-electron chi connectivity index (χ1n) is 22.0. The second-order valence-corrected chi connectivity index (χ2v) is 20.4. The number of H-pyrrole nitrogens is 1. The van der Waals surface area contributed by atoms with E-state index in [4.69, 9.17) is 0 Å². The van der Waals surface area contributed by atoms with Crippen LogP contribution in [0.3, 0.4) is 0 Å². The second-order valence-electron chi connectivity index (χ2n) is 18.7. The highest BCUT2D eigenvalue weighted by atomic mass is 32.2. The van der Waals surface area contributed by atoms with Gasteiger partial charge in [-0.2, -0.15) is 12.7 Å². The van der Waals surface area contributed by atoms with Gasteiger partial charge >= 0.3 is 10.2 Å². The third-order valence-electron chi connectivity index (χ3n) is 14.3. The molecule has 0 radical (unpaired) electrons. The molecule has 336 valence electrons. The number of pyridine rings is 1. The number of likely N-dealkylation sites (tertiary alicyclic amines) is 1. The van der Waals surface area contributed by atoms with E-state index in [1.165, 1.54) is 24.6 Å². The number of fused-ring (bicyclic) bond motifs is 2. The Labute approximate surface area is 372 Å². The monoisotopic (exact) mass is 906 g/mol. The largest absolute Gasteiger partial charge is 0.370 e. The Morgan fingerprint density at radius 2 is 1.72 bits per heavy atom. The van der Waals surface area contributed by atoms with E-state index < -0.39 is 57.0 Å². The lowest BCUT2D eigenvalue weighted by atomic mass is 9.57. The summed E-state index contributed by atoms with van der Waals surface area (Å²) in [5.74, 6) is -3.32. The van der Waals surface area contributed by atoms with Crippen LogP contribution < -0.4 is 14.9 Å². The molecule has 18 heteroatoms. The Morgan fingerprint density at radius 1 is 0.938 bits per heavy atom. The number of aromatic amines is 1. The van der Waals surface area contributed by atoms with Gasteiger partial charge in [-0.05, 0) is 84.7 Å². The lowest BCUT2D eigenvalue weighted by molar-refractivity contribution is -0.136. The van der Waals surface area contributed by atoms with Crippen LogP contribution in [-0.2, 0) is 26.3 Å². The first kappa shape index (κ1) is 41.6. The maximum Gasteiger partial charge on any atom is 0.301 e. The highest BCUT2D eigenvalue weighted by Crippen LogP contribution is 2.53. The number of imide groups is 1. The van der Waals surface area contributed by atoms with Crippen molar-refractivity contribution in [3.05, 3.63) is 113 Å². The van der Waals surface area contributed by atoms with Crippen molar-refractivity contribution >= 4 is 56.1 Å². The predicted octanol–water partition coefficient (Wildman–Crippen LogP) is 5.52. The number of amides is 3. The number of piperidine rings is 1. The maximum absolute atomic E-state index is 15.7. The summed E-state index contributed by atoms with van der Waals surface area (Å²) in [6.07, 6.45) is 4.60. The molecule has 3 N–H and O–H groups in total. The van der Waals surface area contributed by atoms with Crippen molar-refractivity contribution in [2.24, 2.45) is 11.3 Å². The molecule has 1 aliphatic carbocycles. The summed E-state index contributed by atoms with van der Waals surface area (Å²) >= 11 is 0. The number of benzene rings is 3. The van der Waals surface area contributed by atoms with E-state index in [2.05, 4.69) is 43.3 Å². The molecule has 5 fully saturated rings. The number of halogens is 3. The van der Waals surface area contributed by atoms with Crippen LogP contribution in [0.1, 0.15) is 75.4 Å². The predicted molar refractivity (Wildman–Crippen MR) is 234 cm³/mol. The van der Waals surface area contributed by atoms with E-state index in [-0.39, 0.29) is 43.3 Å². The molecule has 0 unspecified atom stereocenters. The molecule has 3 amide bonds. The van der Waals surface area contributed by atoms with Gasteiger partial charge in [-0.15, -0.1) is 0 Å². The van der Waals surface area contributed by atoms with Crippen molar-refractivity contribution in [2.75, 3.05) is 55.4 Å². The topological polar surface area (TPSA) is 168 Å². The first-order chi connectivity index (χ1) is 31.2. The van der Waals surface area contributed by atoms with E-state index in [1.807, 2.05) is 29.0 Å². The molecule has 65 heavy (non-hydrogen) atoms. The van der Waals surface area contributed by atoms with Crippen LogP contribution in [0.25, 0.3) is 22.2 Å². The maximum atomic E-state index is 15.7. The van der Waals surface area contributed by atoms with Gasteiger partial charge in [0.05, 0.1) is 11.3 Å². The molecule has 6 aliphatic rings. The van der Waals surface area contributed by atoms with Crippen LogP contribution >= 0.6 is 0 Å². The van der Waals surface area contributed by atoms with Crippen LogP contribution in [0.2, 0.25) is 0 Å². The molecule has 1 spiro atoms. The van der Waals surface area contributed by atoms with E-state index in [0.717, 1.165) is 66.0 Å². The van der Waals surface area contributed by atoms with Crippen LogP contribution in [-0.4, -0.2) is 114 Å². The third kappa shape index (κ3) is 7.35. The lowest BCUT2D eigenvalue weighted by Gasteiger charge is -2.61. The summed E-state index contributed by atoms with van der Waals surface area (Å²) in [6, 6.07) is 17.0. The van der Waals surface area contributed by atoms with Gasteiger partial charge in [-0.3, -0.25) is 29.2 Å². The minimum Gasteiger partial charge on any atom is -0.370 e. The van der Waals surface area contributed by atoms with Gasteiger partial charge in [0.1, 0.15) is 23.7 Å². The zero-order valence-corrected chi connectivity index (χ0v) is 36.0. The average Bonchev–Trinajstić information content (AvgIpc) is 3.97. The molecule has 14 nitrogen and oxygen atoms in total. The van der Waals surface area contributed by atoms with Crippen LogP contribution in [0.5, 0.6) is 0 Å². The molecule has 4 saturated heterocycles. The lowest BCUT2D eigenvalue weighted by Crippen LogP contribution is -2.64. The SMILES string of the molecule is O=C1CC[C@H](N2Cc3cc(C4CN(CC5CC6(C5)CN(c5ccc(-c7cnc8[nH]cc(C(=O)c9c(F)ccc(NS(=O)(=O)N%10CC[C@@H](F)C%10)c9F)c8c7)cc5)C6)C4)ccc3C2=O)C(=O)N1. The molecule has 0 bridgehead atoms. The number of ketones is 1. The summed E-state index contributed by atoms with van der Waals surface area (Å²) < 4.78 is 73.1. The number of carbonyl (C=O) groups is 4. The minimum atomic E-state index is -4.35. The van der Waals surface area contributed by atoms with Gasteiger partial charge < -0.3 is 19.7 Å². The number of hydrogen-bond acceptors (Lipinski definition) is 9. The van der Waals surface area contributed by atoms with Crippen LogP contribution in [0.15, 0.2) is 73.1 Å². The number of anilines is 2. The molecule has 2 aromatic heterocycles.